The van der Waals surface area contributed by atoms with E-state index in [1.54, 1.807) is 0 Å². The van der Waals surface area contributed by atoms with E-state index in [9.17, 15) is 0 Å². The molecule has 0 aromatic heterocycles. The Kier molecular flexibility index (Phi) is 4.19. The van der Waals surface area contributed by atoms with Crippen LogP contribution in [0, 0.1) is 0 Å². The molecule has 0 unspecified atom stereocenters. The molecule has 0 spiro atoms. The van der Waals surface area contributed by atoms with Crippen LogP contribution in [0.15, 0.2) is 16.6 Å². The summed E-state index contributed by atoms with van der Waals surface area (Å²) in [5.41, 5.74) is 1.37. The minimum Gasteiger partial charge on any atom is -0.486 e. The smallest absolute Gasteiger partial charge is 0.175 e. The van der Waals surface area contributed by atoms with Crippen molar-refractivity contribution in [1.29, 1.82) is 0 Å². The molecule has 0 aliphatic carbocycles. The third kappa shape index (κ3) is 3.10. The summed E-state index contributed by atoms with van der Waals surface area (Å²) in [4.78, 5) is 0. The summed E-state index contributed by atoms with van der Waals surface area (Å²) in [6.07, 6.45) is 2.11. The monoisotopic (exact) mass is 341 g/mol. The van der Waals surface area contributed by atoms with E-state index in [1.807, 2.05) is 0 Å². The molecule has 0 amide bonds. The fourth-order valence-electron chi connectivity index (χ4n) is 2.58. The highest BCUT2D eigenvalue weighted by atomic mass is 79.9. The van der Waals surface area contributed by atoms with E-state index in [-0.39, 0.29) is 5.54 Å². The molecule has 1 N–H and O–H groups in total. The summed E-state index contributed by atoms with van der Waals surface area (Å²) in [6.45, 7) is 6.00. The first kappa shape index (κ1) is 14.2. The number of hydrogen-bond donors (Lipinski definition) is 1. The molecule has 110 valence electrons. The average Bonchev–Trinajstić information content (AvgIpc) is 2.46. The summed E-state index contributed by atoms with van der Waals surface area (Å²) in [6, 6.07) is 4.16. The number of nitrogens with one attached hydrogen (secondary N) is 1. The third-order valence-corrected chi connectivity index (χ3v) is 4.56. The minimum atomic E-state index is 0.165. The topological polar surface area (TPSA) is 39.7 Å². The van der Waals surface area contributed by atoms with Crippen molar-refractivity contribution in [3.63, 3.8) is 0 Å². The molecule has 0 radical (unpaired) electrons. The van der Waals surface area contributed by atoms with Gasteiger partial charge in [-0.3, -0.25) is 0 Å². The summed E-state index contributed by atoms with van der Waals surface area (Å²) in [7, 11) is 0. The summed E-state index contributed by atoms with van der Waals surface area (Å²) >= 11 is 3.56. The number of ether oxygens (including phenoxy) is 3. The molecule has 3 rings (SSSR count). The van der Waals surface area contributed by atoms with Crippen molar-refractivity contribution in [2.24, 2.45) is 0 Å². The zero-order chi connectivity index (χ0) is 14.0. The van der Waals surface area contributed by atoms with E-state index in [1.165, 1.54) is 5.56 Å². The minimum absolute atomic E-state index is 0.165. The number of hydrogen-bond acceptors (Lipinski definition) is 4. The largest absolute Gasteiger partial charge is 0.486 e. The predicted molar refractivity (Wildman–Crippen MR) is 80.4 cm³/mol. The van der Waals surface area contributed by atoms with Crippen LogP contribution in [-0.2, 0) is 11.3 Å². The molecular weight excluding hydrogens is 322 g/mol. The van der Waals surface area contributed by atoms with Crippen LogP contribution in [0.25, 0.3) is 0 Å². The Bertz CT molecular complexity index is 486. The quantitative estimate of drug-likeness (QED) is 0.917. The fraction of sp³-hybridized carbons (Fsp3) is 0.600. The SMILES string of the molecule is CC1(NCc2cc(Br)c3c(c2)OCCO3)CCOCC1. The lowest BCUT2D eigenvalue weighted by Crippen LogP contribution is -2.46. The van der Waals surface area contributed by atoms with Crippen molar-refractivity contribution < 1.29 is 14.2 Å². The molecule has 0 bridgehead atoms. The van der Waals surface area contributed by atoms with Crippen LogP contribution in [0.3, 0.4) is 0 Å². The van der Waals surface area contributed by atoms with Gasteiger partial charge in [-0.15, -0.1) is 0 Å². The van der Waals surface area contributed by atoms with Crippen LogP contribution in [0.5, 0.6) is 11.5 Å². The van der Waals surface area contributed by atoms with Gasteiger partial charge in [0.05, 0.1) is 4.47 Å². The maximum atomic E-state index is 5.66. The molecule has 1 aromatic rings. The van der Waals surface area contributed by atoms with E-state index in [2.05, 4.69) is 40.3 Å². The summed E-state index contributed by atoms with van der Waals surface area (Å²) in [5.74, 6) is 1.65. The van der Waals surface area contributed by atoms with E-state index in [0.717, 1.165) is 48.6 Å². The highest BCUT2D eigenvalue weighted by Crippen LogP contribution is 2.38. The normalized spacial score (nSPS) is 20.7. The summed E-state index contributed by atoms with van der Waals surface area (Å²) < 4.78 is 17.7. The number of rotatable bonds is 3. The molecular formula is C15H20BrNO3. The molecule has 1 aromatic carbocycles. The second-order valence-electron chi connectivity index (χ2n) is 5.63. The number of halogens is 1. The molecule has 1 saturated heterocycles. The van der Waals surface area contributed by atoms with E-state index >= 15 is 0 Å². The Hall–Kier alpha value is -0.780. The fourth-order valence-corrected chi connectivity index (χ4v) is 3.18. The first-order valence-corrected chi connectivity index (χ1v) is 7.86. The first-order valence-electron chi connectivity index (χ1n) is 7.07. The molecule has 20 heavy (non-hydrogen) atoms. The van der Waals surface area contributed by atoms with Gasteiger partial charge < -0.3 is 19.5 Å². The predicted octanol–water partition coefficient (Wildman–Crippen LogP) is 2.88. The lowest BCUT2D eigenvalue weighted by Gasteiger charge is -2.34. The highest BCUT2D eigenvalue weighted by Gasteiger charge is 2.26. The van der Waals surface area contributed by atoms with E-state index < -0.39 is 0 Å². The third-order valence-electron chi connectivity index (χ3n) is 3.97. The zero-order valence-electron chi connectivity index (χ0n) is 11.7. The Balaban J connectivity index is 1.70. The molecule has 2 heterocycles. The lowest BCUT2D eigenvalue weighted by molar-refractivity contribution is 0.0446. The van der Waals surface area contributed by atoms with Crippen LogP contribution in [0.4, 0.5) is 0 Å². The van der Waals surface area contributed by atoms with Gasteiger partial charge >= 0.3 is 0 Å². The maximum absolute atomic E-state index is 5.66. The van der Waals surface area contributed by atoms with Crippen molar-refractivity contribution in [3.05, 3.63) is 22.2 Å². The van der Waals surface area contributed by atoms with Gasteiger partial charge in [0.25, 0.3) is 0 Å². The van der Waals surface area contributed by atoms with Gasteiger partial charge in [0.15, 0.2) is 11.5 Å². The number of benzene rings is 1. The Morgan fingerprint density at radius 3 is 2.70 bits per heavy atom. The van der Waals surface area contributed by atoms with Crippen LogP contribution in [-0.4, -0.2) is 32.0 Å². The molecule has 0 saturated carbocycles. The highest BCUT2D eigenvalue weighted by molar-refractivity contribution is 9.10. The second kappa shape index (κ2) is 5.92. The van der Waals surface area contributed by atoms with Crippen molar-refractivity contribution >= 4 is 15.9 Å². The van der Waals surface area contributed by atoms with Gasteiger partial charge in [0.1, 0.15) is 13.2 Å². The maximum Gasteiger partial charge on any atom is 0.175 e. The van der Waals surface area contributed by atoms with Gasteiger partial charge in [-0.25, -0.2) is 0 Å². The van der Waals surface area contributed by atoms with Gasteiger partial charge in [-0.1, -0.05) is 0 Å². The van der Waals surface area contributed by atoms with E-state index in [0.29, 0.717) is 13.2 Å². The van der Waals surface area contributed by atoms with Gasteiger partial charge in [-0.05, 0) is 53.4 Å². The molecule has 5 heteroatoms. The van der Waals surface area contributed by atoms with Crippen molar-refractivity contribution in [1.82, 2.24) is 5.32 Å². The number of fused-ring (bicyclic) bond motifs is 1. The Labute approximate surface area is 127 Å². The first-order chi connectivity index (χ1) is 9.66. The lowest BCUT2D eigenvalue weighted by atomic mass is 9.92. The van der Waals surface area contributed by atoms with Gasteiger partial charge in [0.2, 0.25) is 0 Å². The van der Waals surface area contributed by atoms with Crippen molar-refractivity contribution in [3.8, 4) is 11.5 Å². The Morgan fingerprint density at radius 2 is 1.90 bits per heavy atom. The molecule has 2 aliphatic heterocycles. The molecule has 1 fully saturated rings. The zero-order valence-corrected chi connectivity index (χ0v) is 13.3. The van der Waals surface area contributed by atoms with Crippen LogP contribution < -0.4 is 14.8 Å². The van der Waals surface area contributed by atoms with Crippen LogP contribution >= 0.6 is 15.9 Å². The molecule has 0 atom stereocenters. The summed E-state index contributed by atoms with van der Waals surface area (Å²) in [5, 5.41) is 3.65. The molecule has 2 aliphatic rings. The van der Waals surface area contributed by atoms with Crippen molar-refractivity contribution in [2.45, 2.75) is 31.8 Å². The van der Waals surface area contributed by atoms with Crippen LogP contribution in [0.2, 0.25) is 0 Å². The van der Waals surface area contributed by atoms with Gasteiger partial charge in [-0.2, -0.15) is 0 Å². The Morgan fingerprint density at radius 1 is 1.15 bits per heavy atom. The van der Waals surface area contributed by atoms with E-state index in [4.69, 9.17) is 14.2 Å². The average molecular weight is 342 g/mol. The molecule has 4 nitrogen and oxygen atoms in total. The van der Waals surface area contributed by atoms with Crippen molar-refractivity contribution in [2.75, 3.05) is 26.4 Å². The van der Waals surface area contributed by atoms with Crippen LogP contribution in [0.1, 0.15) is 25.3 Å². The second-order valence-corrected chi connectivity index (χ2v) is 6.48. The van der Waals surface area contributed by atoms with Gasteiger partial charge in [0, 0.05) is 25.3 Å². The standard InChI is InChI=1S/C15H20BrNO3/c1-15(2-4-18-5-3-15)17-10-11-8-12(16)14-13(9-11)19-6-7-20-14/h8-9,17H,2-7,10H2,1H3.